The quantitative estimate of drug-likeness (QED) is 0.483. The molecule has 1 aliphatic rings. The Bertz CT molecular complexity index is 857. The summed E-state index contributed by atoms with van der Waals surface area (Å²) in [6, 6.07) is 7.70. The molecule has 1 fully saturated rings. The third kappa shape index (κ3) is 5.77. The zero-order chi connectivity index (χ0) is 19.8. The molecule has 0 radical (unpaired) electrons. The summed E-state index contributed by atoms with van der Waals surface area (Å²) in [4.78, 5) is 6.84. The summed E-state index contributed by atoms with van der Waals surface area (Å²) >= 11 is 3.03. The Morgan fingerprint density at radius 3 is 2.75 bits per heavy atom. The van der Waals surface area contributed by atoms with Crippen LogP contribution in [0.3, 0.4) is 0 Å². The molecule has 2 aromatic rings. The molecule has 0 amide bonds. The van der Waals surface area contributed by atoms with Crippen LogP contribution in [0.2, 0.25) is 0 Å². The molecule has 1 saturated heterocycles. The summed E-state index contributed by atoms with van der Waals surface area (Å²) in [6.45, 7) is 5.75. The van der Waals surface area contributed by atoms with E-state index in [1.807, 2.05) is 13.0 Å². The summed E-state index contributed by atoms with van der Waals surface area (Å²) in [6.07, 6.45) is 0.947. The van der Waals surface area contributed by atoms with Crippen LogP contribution in [0.15, 0.2) is 38.8 Å². The van der Waals surface area contributed by atoms with E-state index >= 15 is 0 Å². The lowest BCUT2D eigenvalue weighted by molar-refractivity contribution is 0.0731. The summed E-state index contributed by atoms with van der Waals surface area (Å²) in [5.41, 5.74) is 0. The lowest BCUT2D eigenvalue weighted by Crippen LogP contribution is -2.40. The van der Waals surface area contributed by atoms with E-state index in [2.05, 4.69) is 33.1 Å². The van der Waals surface area contributed by atoms with Gasteiger partial charge in [-0.1, -0.05) is 6.07 Å². The number of aliphatic imine (C=N–C) groups is 1. The Labute approximate surface area is 174 Å². The van der Waals surface area contributed by atoms with Gasteiger partial charge in [-0.15, -0.1) is 22.7 Å². The molecule has 3 heterocycles. The van der Waals surface area contributed by atoms with E-state index in [-0.39, 0.29) is 0 Å². The van der Waals surface area contributed by atoms with E-state index in [9.17, 15) is 8.42 Å². The molecule has 0 spiro atoms. The van der Waals surface area contributed by atoms with E-state index in [0.717, 1.165) is 30.3 Å². The highest BCUT2D eigenvalue weighted by Gasteiger charge is 2.27. The minimum Gasteiger partial charge on any atom is -0.379 e. The first-order valence-corrected chi connectivity index (χ1v) is 12.4. The fourth-order valence-corrected chi connectivity index (χ4v) is 6.31. The molecule has 0 unspecified atom stereocenters. The van der Waals surface area contributed by atoms with Gasteiger partial charge in [0.25, 0.3) is 10.0 Å². The van der Waals surface area contributed by atoms with Gasteiger partial charge in [-0.3, -0.25) is 0 Å². The molecule has 0 aromatic carbocycles. The third-order valence-electron chi connectivity index (χ3n) is 4.18. The first kappa shape index (κ1) is 21.3. The first-order valence-electron chi connectivity index (χ1n) is 9.31. The Hall–Kier alpha value is -1.46. The van der Waals surface area contributed by atoms with Crippen molar-refractivity contribution in [2.45, 2.75) is 24.1 Å². The smallest absolute Gasteiger partial charge is 0.252 e. The minimum absolute atomic E-state index is 0.371. The van der Waals surface area contributed by atoms with Gasteiger partial charge in [0.05, 0.1) is 19.8 Å². The van der Waals surface area contributed by atoms with Crippen molar-refractivity contribution in [2.24, 2.45) is 4.99 Å². The zero-order valence-corrected chi connectivity index (χ0v) is 18.3. The summed E-state index contributed by atoms with van der Waals surface area (Å²) in [7, 11) is -3.44. The van der Waals surface area contributed by atoms with E-state index in [4.69, 9.17) is 4.74 Å². The fraction of sp³-hybridized carbons (Fsp3) is 0.500. The number of hydrogen-bond acceptors (Lipinski definition) is 6. The molecule has 7 nitrogen and oxygen atoms in total. The van der Waals surface area contributed by atoms with Crippen molar-refractivity contribution in [2.75, 3.05) is 39.4 Å². The highest BCUT2D eigenvalue weighted by Crippen LogP contribution is 2.26. The number of thiophene rings is 2. The van der Waals surface area contributed by atoms with Crippen LogP contribution in [0.4, 0.5) is 0 Å². The maximum absolute atomic E-state index is 12.7. The normalized spacial score (nSPS) is 16.2. The van der Waals surface area contributed by atoms with E-state index in [1.54, 1.807) is 17.4 Å². The van der Waals surface area contributed by atoms with E-state index in [0.29, 0.717) is 37.1 Å². The maximum Gasteiger partial charge on any atom is 0.252 e. The lowest BCUT2D eigenvalue weighted by atomic mass is 10.3. The largest absolute Gasteiger partial charge is 0.379 e. The first-order chi connectivity index (χ1) is 13.6. The van der Waals surface area contributed by atoms with Crippen molar-refractivity contribution in [3.8, 4) is 0 Å². The monoisotopic (exact) mass is 442 g/mol. The molecule has 28 heavy (non-hydrogen) atoms. The molecule has 10 heteroatoms. The average molecular weight is 443 g/mol. The van der Waals surface area contributed by atoms with Crippen molar-refractivity contribution >= 4 is 38.7 Å². The van der Waals surface area contributed by atoms with Crippen molar-refractivity contribution in [1.29, 1.82) is 0 Å². The van der Waals surface area contributed by atoms with Gasteiger partial charge in [0.1, 0.15) is 4.21 Å². The lowest BCUT2D eigenvalue weighted by Gasteiger charge is -2.25. The molecule has 2 aromatic heterocycles. The highest BCUT2D eigenvalue weighted by atomic mass is 32.2. The molecule has 0 aliphatic carbocycles. The predicted molar refractivity (Wildman–Crippen MR) is 115 cm³/mol. The number of morpholine rings is 1. The molecule has 1 aliphatic heterocycles. The van der Waals surface area contributed by atoms with Gasteiger partial charge in [0.15, 0.2) is 5.96 Å². The van der Waals surface area contributed by atoms with E-state index < -0.39 is 10.0 Å². The molecule has 154 valence electrons. The molecule has 0 atom stereocenters. The third-order valence-corrected chi connectivity index (χ3v) is 8.55. The fourth-order valence-electron chi connectivity index (χ4n) is 2.75. The van der Waals surface area contributed by atoms with Crippen molar-refractivity contribution < 1.29 is 13.2 Å². The maximum atomic E-state index is 12.7. The van der Waals surface area contributed by atoms with Crippen LogP contribution in [0.5, 0.6) is 0 Å². The van der Waals surface area contributed by atoms with Gasteiger partial charge in [-0.2, -0.15) is 4.31 Å². The van der Waals surface area contributed by atoms with Crippen LogP contribution in [0.25, 0.3) is 0 Å². The number of nitrogens with one attached hydrogen (secondary N) is 2. The number of guanidine groups is 1. The van der Waals surface area contributed by atoms with Gasteiger partial charge >= 0.3 is 0 Å². The van der Waals surface area contributed by atoms with Crippen molar-refractivity contribution in [3.05, 3.63) is 39.4 Å². The zero-order valence-electron chi connectivity index (χ0n) is 15.9. The van der Waals surface area contributed by atoms with Gasteiger partial charge in [-0.25, -0.2) is 13.4 Å². The van der Waals surface area contributed by atoms with Crippen LogP contribution in [-0.4, -0.2) is 58.1 Å². The number of rotatable bonds is 8. The minimum atomic E-state index is -3.44. The van der Waals surface area contributed by atoms with Crippen LogP contribution in [-0.2, 0) is 27.7 Å². The summed E-state index contributed by atoms with van der Waals surface area (Å²) in [5.74, 6) is 0.741. The topological polar surface area (TPSA) is 83.0 Å². The number of nitrogens with zero attached hydrogens (tertiary/aromatic N) is 2. The van der Waals surface area contributed by atoms with Gasteiger partial charge in [0.2, 0.25) is 0 Å². The Morgan fingerprint density at radius 2 is 2.04 bits per heavy atom. The SMILES string of the molecule is CCNC(=NCc1ccc(S(=O)(=O)N2CCOCC2)s1)NCCc1cccs1. The number of hydrogen-bond donors (Lipinski definition) is 2. The number of ether oxygens (including phenoxy) is 1. The van der Waals surface area contributed by atoms with Crippen LogP contribution in [0, 0.1) is 0 Å². The van der Waals surface area contributed by atoms with Gasteiger partial charge in [-0.05, 0) is 36.9 Å². The average Bonchev–Trinajstić information content (AvgIpc) is 3.39. The Kier molecular flexibility index (Phi) is 7.86. The number of sulfonamides is 1. The van der Waals surface area contributed by atoms with Gasteiger partial charge in [0, 0.05) is 35.9 Å². The predicted octanol–water partition coefficient (Wildman–Crippen LogP) is 2.13. The highest BCUT2D eigenvalue weighted by molar-refractivity contribution is 7.91. The van der Waals surface area contributed by atoms with Crippen LogP contribution in [0.1, 0.15) is 16.7 Å². The summed E-state index contributed by atoms with van der Waals surface area (Å²) in [5, 5.41) is 8.63. The molecule has 2 N–H and O–H groups in total. The molecular weight excluding hydrogens is 416 g/mol. The molecular formula is C18H26N4O3S3. The second-order valence-electron chi connectivity index (χ2n) is 6.19. The van der Waals surface area contributed by atoms with Crippen molar-refractivity contribution in [3.63, 3.8) is 0 Å². The molecule has 3 rings (SSSR count). The summed E-state index contributed by atoms with van der Waals surface area (Å²) < 4.78 is 32.5. The van der Waals surface area contributed by atoms with Crippen molar-refractivity contribution in [1.82, 2.24) is 14.9 Å². The van der Waals surface area contributed by atoms with Crippen LogP contribution < -0.4 is 10.6 Å². The second kappa shape index (κ2) is 10.4. The molecule has 0 saturated carbocycles. The molecule has 0 bridgehead atoms. The van der Waals surface area contributed by atoms with Gasteiger partial charge < -0.3 is 15.4 Å². The van der Waals surface area contributed by atoms with E-state index in [1.165, 1.54) is 20.5 Å². The Balaban J connectivity index is 1.58. The van der Waals surface area contributed by atoms with Crippen LogP contribution >= 0.6 is 22.7 Å². The second-order valence-corrected chi connectivity index (χ2v) is 10.6. The Morgan fingerprint density at radius 1 is 1.21 bits per heavy atom. The standard InChI is InChI=1S/C18H26N4O3S3/c1-2-19-18(20-8-7-15-4-3-13-26-15)21-14-16-5-6-17(27-16)28(23,24)22-9-11-25-12-10-22/h3-6,13H,2,7-12,14H2,1H3,(H2,19,20,21).